The zero-order valence-electron chi connectivity index (χ0n) is 9.06. The highest BCUT2D eigenvalue weighted by Gasteiger charge is 2.08. The van der Waals surface area contributed by atoms with Gasteiger partial charge in [0.2, 0.25) is 0 Å². The van der Waals surface area contributed by atoms with Crippen molar-refractivity contribution in [2.24, 2.45) is 5.73 Å². The summed E-state index contributed by atoms with van der Waals surface area (Å²) in [7, 11) is 0. The number of nitrogens with zero attached hydrogens (tertiary/aromatic N) is 1. The molecular formula is C11H14N2O3. The fraction of sp³-hybridized carbons (Fsp3) is 0.273. The molecule has 3 N–H and O–H groups in total. The van der Waals surface area contributed by atoms with Crippen LogP contribution in [0.4, 0.5) is 0 Å². The van der Waals surface area contributed by atoms with Gasteiger partial charge in [0.15, 0.2) is 0 Å². The van der Waals surface area contributed by atoms with Gasteiger partial charge in [-0.15, -0.1) is 0 Å². The van der Waals surface area contributed by atoms with E-state index in [1.165, 1.54) is 0 Å². The van der Waals surface area contributed by atoms with E-state index in [2.05, 4.69) is 6.58 Å². The van der Waals surface area contributed by atoms with Crippen LogP contribution in [0.3, 0.4) is 0 Å². The molecule has 0 aromatic heterocycles. The van der Waals surface area contributed by atoms with E-state index in [0.717, 1.165) is 18.7 Å². The zero-order chi connectivity index (χ0) is 12.6. The standard InChI is InChI=1S/C11H14N2O3/c1-3-4-16-8(2)9(6-12)5-10(7-13)11(14)15/h5,7H,2-4,13H2,1H3,(H,14,15)/b9-5-,10-7+. The molecule has 0 aliphatic heterocycles. The number of carboxylic acids is 1. The summed E-state index contributed by atoms with van der Waals surface area (Å²) in [5.74, 6) is -1.07. The number of nitrogens with two attached hydrogens (primary N) is 1. The van der Waals surface area contributed by atoms with E-state index in [-0.39, 0.29) is 16.9 Å². The second-order valence-electron chi connectivity index (χ2n) is 2.87. The molecule has 0 saturated carbocycles. The van der Waals surface area contributed by atoms with E-state index in [9.17, 15) is 4.79 Å². The monoisotopic (exact) mass is 222 g/mol. The summed E-state index contributed by atoms with van der Waals surface area (Å²) in [4.78, 5) is 10.6. The summed E-state index contributed by atoms with van der Waals surface area (Å²) in [5.41, 5.74) is 4.98. The summed E-state index contributed by atoms with van der Waals surface area (Å²) >= 11 is 0. The van der Waals surface area contributed by atoms with E-state index in [4.69, 9.17) is 20.8 Å². The molecule has 0 fully saturated rings. The summed E-state index contributed by atoms with van der Waals surface area (Å²) in [6.45, 7) is 5.87. The lowest BCUT2D eigenvalue weighted by atomic mass is 10.1. The number of rotatable bonds is 6. The van der Waals surface area contributed by atoms with E-state index in [1.807, 2.05) is 13.0 Å². The largest absolute Gasteiger partial charge is 0.493 e. The van der Waals surface area contributed by atoms with Crippen molar-refractivity contribution in [3.8, 4) is 6.07 Å². The molecule has 0 aliphatic rings. The number of hydrogen-bond acceptors (Lipinski definition) is 4. The molecule has 0 spiro atoms. The predicted octanol–water partition coefficient (Wildman–Crippen LogP) is 1.30. The van der Waals surface area contributed by atoms with Crippen LogP contribution in [-0.2, 0) is 9.53 Å². The molecule has 0 atom stereocenters. The maximum absolute atomic E-state index is 10.6. The Labute approximate surface area is 94.1 Å². The van der Waals surface area contributed by atoms with Crippen LogP contribution in [0.15, 0.2) is 35.8 Å². The maximum Gasteiger partial charge on any atom is 0.337 e. The van der Waals surface area contributed by atoms with Gasteiger partial charge >= 0.3 is 5.97 Å². The molecule has 0 heterocycles. The predicted molar refractivity (Wildman–Crippen MR) is 59.0 cm³/mol. The molecule has 86 valence electrons. The molecule has 0 aliphatic carbocycles. The van der Waals surface area contributed by atoms with Crippen LogP contribution in [0.1, 0.15) is 13.3 Å². The molecule has 0 radical (unpaired) electrons. The summed E-state index contributed by atoms with van der Waals surface area (Å²) < 4.78 is 5.12. The van der Waals surface area contributed by atoms with Crippen molar-refractivity contribution >= 4 is 5.97 Å². The summed E-state index contributed by atoms with van der Waals surface area (Å²) in [6.07, 6.45) is 2.81. The topological polar surface area (TPSA) is 96.3 Å². The van der Waals surface area contributed by atoms with Crippen LogP contribution in [0, 0.1) is 11.3 Å². The first-order chi connectivity index (χ1) is 7.56. The second kappa shape index (κ2) is 7.12. The minimum absolute atomic E-state index is 0.0487. The second-order valence-corrected chi connectivity index (χ2v) is 2.87. The van der Waals surface area contributed by atoms with Gasteiger partial charge in [-0.1, -0.05) is 13.5 Å². The molecule has 0 aromatic carbocycles. The molecule has 0 aromatic rings. The smallest absolute Gasteiger partial charge is 0.337 e. The Morgan fingerprint density at radius 2 is 2.31 bits per heavy atom. The van der Waals surface area contributed by atoms with Crippen molar-refractivity contribution in [3.63, 3.8) is 0 Å². The van der Waals surface area contributed by atoms with Crippen LogP contribution < -0.4 is 5.73 Å². The zero-order valence-corrected chi connectivity index (χ0v) is 9.06. The highest BCUT2D eigenvalue weighted by atomic mass is 16.5. The SMILES string of the molecule is C=C(OCCC)/C(C#N)=C\C(=C/N)C(=O)O. The number of hydrogen-bond donors (Lipinski definition) is 2. The molecule has 0 rings (SSSR count). The lowest BCUT2D eigenvalue weighted by Crippen LogP contribution is -2.03. The van der Waals surface area contributed by atoms with Crippen molar-refractivity contribution < 1.29 is 14.6 Å². The van der Waals surface area contributed by atoms with E-state index in [0.29, 0.717) is 6.61 Å². The third-order valence-corrected chi connectivity index (χ3v) is 1.63. The van der Waals surface area contributed by atoms with Gasteiger partial charge in [-0.3, -0.25) is 0 Å². The van der Waals surface area contributed by atoms with Gasteiger partial charge in [0.05, 0.1) is 17.8 Å². The van der Waals surface area contributed by atoms with Crippen LogP contribution in [0.25, 0.3) is 0 Å². The molecular weight excluding hydrogens is 208 g/mol. The van der Waals surface area contributed by atoms with Gasteiger partial charge < -0.3 is 15.6 Å². The van der Waals surface area contributed by atoms with Gasteiger partial charge in [0.1, 0.15) is 11.8 Å². The molecule has 0 saturated heterocycles. The Morgan fingerprint density at radius 3 is 2.69 bits per heavy atom. The highest BCUT2D eigenvalue weighted by Crippen LogP contribution is 2.11. The summed E-state index contributed by atoms with van der Waals surface area (Å²) in [5, 5.41) is 17.5. The Morgan fingerprint density at radius 1 is 1.69 bits per heavy atom. The van der Waals surface area contributed by atoms with Gasteiger partial charge in [-0.05, 0) is 12.5 Å². The fourth-order valence-electron chi connectivity index (χ4n) is 0.815. The third-order valence-electron chi connectivity index (χ3n) is 1.63. The number of carbonyl (C=O) groups is 1. The number of ether oxygens (including phenoxy) is 1. The fourth-order valence-corrected chi connectivity index (χ4v) is 0.815. The average Bonchev–Trinajstić information content (AvgIpc) is 2.27. The van der Waals surface area contributed by atoms with Crippen molar-refractivity contribution in [1.82, 2.24) is 0 Å². The van der Waals surface area contributed by atoms with Gasteiger partial charge in [0.25, 0.3) is 0 Å². The average molecular weight is 222 g/mol. The van der Waals surface area contributed by atoms with Gasteiger partial charge in [-0.2, -0.15) is 5.26 Å². The Kier molecular flexibility index (Phi) is 6.13. The van der Waals surface area contributed by atoms with E-state index >= 15 is 0 Å². The van der Waals surface area contributed by atoms with Crippen LogP contribution >= 0.6 is 0 Å². The highest BCUT2D eigenvalue weighted by molar-refractivity contribution is 5.90. The molecule has 0 bridgehead atoms. The number of aliphatic carboxylic acids is 1. The minimum Gasteiger partial charge on any atom is -0.493 e. The maximum atomic E-state index is 10.6. The Bertz CT molecular complexity index is 375. The number of nitriles is 1. The first-order valence-corrected chi connectivity index (χ1v) is 4.65. The Balaban J connectivity index is 4.86. The third kappa shape index (κ3) is 4.33. The molecule has 5 nitrogen and oxygen atoms in total. The first-order valence-electron chi connectivity index (χ1n) is 4.65. The molecule has 16 heavy (non-hydrogen) atoms. The minimum atomic E-state index is -1.21. The van der Waals surface area contributed by atoms with Gasteiger partial charge in [0, 0.05) is 6.20 Å². The van der Waals surface area contributed by atoms with Crippen molar-refractivity contribution in [3.05, 3.63) is 35.8 Å². The molecule has 5 heteroatoms. The Hall–Kier alpha value is -2.22. The van der Waals surface area contributed by atoms with Gasteiger partial charge in [-0.25, -0.2) is 4.79 Å². The van der Waals surface area contributed by atoms with Crippen molar-refractivity contribution in [1.29, 1.82) is 5.26 Å². The number of allylic oxidation sites excluding steroid dienone is 1. The molecule has 0 amide bonds. The van der Waals surface area contributed by atoms with Crippen LogP contribution in [0.2, 0.25) is 0 Å². The van der Waals surface area contributed by atoms with Crippen LogP contribution in [-0.4, -0.2) is 17.7 Å². The lowest BCUT2D eigenvalue weighted by molar-refractivity contribution is -0.132. The van der Waals surface area contributed by atoms with E-state index in [1.54, 1.807) is 0 Å². The van der Waals surface area contributed by atoms with E-state index < -0.39 is 5.97 Å². The quantitative estimate of drug-likeness (QED) is 0.305. The normalized spacial score (nSPS) is 11.8. The molecule has 0 unspecified atom stereocenters. The van der Waals surface area contributed by atoms with Crippen LogP contribution in [0.5, 0.6) is 0 Å². The number of carboxylic acid groups (broad SMARTS) is 1. The lowest BCUT2D eigenvalue weighted by Gasteiger charge is -2.06. The summed E-state index contributed by atoms with van der Waals surface area (Å²) in [6, 6.07) is 1.81. The first kappa shape index (κ1) is 13.8. The van der Waals surface area contributed by atoms with Crippen molar-refractivity contribution in [2.75, 3.05) is 6.61 Å². The van der Waals surface area contributed by atoms with Crippen molar-refractivity contribution in [2.45, 2.75) is 13.3 Å².